The van der Waals surface area contributed by atoms with Crippen LogP contribution in [0, 0.1) is 29.1 Å². The summed E-state index contributed by atoms with van der Waals surface area (Å²) in [4.78, 5) is 23.2. The standard InChI is InChI=1S/C18H14F5NO4/c1-27-10-5-2-9(3-6-10)4-7-12(26)28-8-11(25)24-18-16(22)14(20)13(19)15(21)17(18)23/h2-3,5-6H,4,7-8H2,1H3,(H,24,25). The Labute approximate surface area is 156 Å². The van der Waals surface area contributed by atoms with E-state index in [0.717, 1.165) is 5.56 Å². The van der Waals surface area contributed by atoms with E-state index in [0.29, 0.717) is 12.2 Å². The number of rotatable bonds is 7. The summed E-state index contributed by atoms with van der Waals surface area (Å²) < 4.78 is 75.6. The maximum absolute atomic E-state index is 13.5. The average Bonchev–Trinajstić information content (AvgIpc) is 2.71. The maximum Gasteiger partial charge on any atom is 0.306 e. The molecule has 0 fully saturated rings. The Hall–Kier alpha value is -3.17. The molecule has 0 spiro atoms. The number of carbonyl (C=O) groups excluding carboxylic acids is 2. The van der Waals surface area contributed by atoms with Crippen LogP contribution in [0.3, 0.4) is 0 Å². The second kappa shape index (κ2) is 9.16. The molecule has 0 saturated carbocycles. The van der Waals surface area contributed by atoms with Gasteiger partial charge in [-0.25, -0.2) is 22.0 Å². The molecule has 1 N–H and O–H groups in total. The zero-order chi connectivity index (χ0) is 20.8. The summed E-state index contributed by atoms with van der Waals surface area (Å²) in [6.45, 7) is -0.957. The Morgan fingerprint density at radius 1 is 0.893 bits per heavy atom. The molecule has 0 heterocycles. The molecule has 2 rings (SSSR count). The fraction of sp³-hybridized carbons (Fsp3) is 0.222. The molecule has 0 atom stereocenters. The molecule has 0 unspecified atom stereocenters. The van der Waals surface area contributed by atoms with Crippen LogP contribution in [-0.2, 0) is 20.7 Å². The number of aryl methyl sites for hydroxylation is 1. The number of amides is 1. The summed E-state index contributed by atoms with van der Waals surface area (Å²) in [7, 11) is 1.50. The lowest BCUT2D eigenvalue weighted by atomic mass is 10.1. The number of hydrogen-bond donors (Lipinski definition) is 1. The van der Waals surface area contributed by atoms with Crippen LogP contribution in [-0.4, -0.2) is 25.6 Å². The first-order valence-corrected chi connectivity index (χ1v) is 7.84. The van der Waals surface area contributed by atoms with Crippen LogP contribution in [0.5, 0.6) is 5.75 Å². The van der Waals surface area contributed by atoms with Gasteiger partial charge < -0.3 is 14.8 Å². The molecule has 0 saturated heterocycles. The van der Waals surface area contributed by atoms with Gasteiger partial charge in [0.1, 0.15) is 11.4 Å². The molecular weight excluding hydrogens is 389 g/mol. The number of hydrogen-bond acceptors (Lipinski definition) is 4. The first-order valence-electron chi connectivity index (χ1n) is 7.84. The first kappa shape index (κ1) is 21.1. The molecule has 28 heavy (non-hydrogen) atoms. The van der Waals surface area contributed by atoms with E-state index in [-0.39, 0.29) is 6.42 Å². The van der Waals surface area contributed by atoms with Crippen LogP contribution in [0.1, 0.15) is 12.0 Å². The van der Waals surface area contributed by atoms with Crippen molar-refractivity contribution in [3.05, 3.63) is 58.9 Å². The van der Waals surface area contributed by atoms with Gasteiger partial charge in [-0.05, 0) is 24.1 Å². The lowest BCUT2D eigenvalue weighted by Crippen LogP contribution is -2.23. The van der Waals surface area contributed by atoms with Crippen LogP contribution < -0.4 is 10.1 Å². The summed E-state index contributed by atoms with van der Waals surface area (Å²) in [6, 6.07) is 6.83. The Kier molecular flexibility index (Phi) is 6.91. The van der Waals surface area contributed by atoms with Gasteiger partial charge in [-0.3, -0.25) is 9.59 Å². The Balaban J connectivity index is 1.87. The van der Waals surface area contributed by atoms with E-state index in [1.807, 2.05) is 0 Å². The van der Waals surface area contributed by atoms with E-state index in [2.05, 4.69) is 4.74 Å². The topological polar surface area (TPSA) is 64.6 Å². The van der Waals surface area contributed by atoms with E-state index < -0.39 is 53.3 Å². The largest absolute Gasteiger partial charge is 0.497 e. The number of nitrogens with one attached hydrogen (secondary N) is 1. The van der Waals surface area contributed by atoms with Gasteiger partial charge in [0.15, 0.2) is 29.9 Å². The highest BCUT2D eigenvalue weighted by Crippen LogP contribution is 2.27. The summed E-state index contributed by atoms with van der Waals surface area (Å²) in [5, 5.41) is 1.50. The Bertz CT molecular complexity index is 858. The van der Waals surface area contributed by atoms with Gasteiger partial charge >= 0.3 is 5.97 Å². The second-order valence-corrected chi connectivity index (χ2v) is 5.50. The molecule has 2 aromatic carbocycles. The lowest BCUT2D eigenvalue weighted by Gasteiger charge is -2.10. The normalized spacial score (nSPS) is 10.5. The van der Waals surface area contributed by atoms with Crippen molar-refractivity contribution < 1.29 is 41.0 Å². The minimum atomic E-state index is -2.35. The molecule has 5 nitrogen and oxygen atoms in total. The van der Waals surface area contributed by atoms with Crippen LogP contribution in [0.2, 0.25) is 0 Å². The van der Waals surface area contributed by atoms with Crippen LogP contribution in [0.15, 0.2) is 24.3 Å². The van der Waals surface area contributed by atoms with Gasteiger partial charge in [-0.1, -0.05) is 12.1 Å². The molecule has 0 bridgehead atoms. The molecule has 0 aromatic heterocycles. The number of halogens is 5. The zero-order valence-electron chi connectivity index (χ0n) is 14.5. The fourth-order valence-electron chi connectivity index (χ4n) is 2.15. The highest BCUT2D eigenvalue weighted by atomic mass is 19.2. The minimum absolute atomic E-state index is 0.0951. The van der Waals surface area contributed by atoms with Crippen molar-refractivity contribution in [1.82, 2.24) is 0 Å². The van der Waals surface area contributed by atoms with E-state index in [1.165, 1.54) is 12.4 Å². The molecule has 0 radical (unpaired) electrons. The molecular formula is C18H14F5NO4. The third kappa shape index (κ3) is 4.96. The molecule has 0 aliphatic heterocycles. The lowest BCUT2D eigenvalue weighted by molar-refractivity contribution is -0.147. The predicted molar refractivity (Wildman–Crippen MR) is 87.1 cm³/mol. The number of esters is 1. The summed E-state index contributed by atoms with van der Waals surface area (Å²) >= 11 is 0. The van der Waals surface area contributed by atoms with E-state index in [4.69, 9.17) is 4.74 Å². The summed E-state index contributed by atoms with van der Waals surface area (Å²) in [5.74, 6) is -12.6. The Morgan fingerprint density at radius 2 is 1.43 bits per heavy atom. The zero-order valence-corrected chi connectivity index (χ0v) is 14.5. The van der Waals surface area contributed by atoms with Crippen molar-refractivity contribution in [2.24, 2.45) is 0 Å². The number of benzene rings is 2. The molecule has 10 heteroatoms. The van der Waals surface area contributed by atoms with Gasteiger partial charge in [0.05, 0.1) is 7.11 Å². The minimum Gasteiger partial charge on any atom is -0.497 e. The van der Waals surface area contributed by atoms with Crippen molar-refractivity contribution in [2.45, 2.75) is 12.8 Å². The van der Waals surface area contributed by atoms with Crippen molar-refractivity contribution in [3.63, 3.8) is 0 Å². The number of ether oxygens (including phenoxy) is 2. The van der Waals surface area contributed by atoms with Gasteiger partial charge in [-0.15, -0.1) is 0 Å². The Morgan fingerprint density at radius 3 is 1.96 bits per heavy atom. The van der Waals surface area contributed by atoms with E-state index in [9.17, 15) is 31.5 Å². The van der Waals surface area contributed by atoms with Gasteiger partial charge in [0.2, 0.25) is 5.82 Å². The van der Waals surface area contributed by atoms with Crippen LogP contribution in [0.25, 0.3) is 0 Å². The molecule has 150 valence electrons. The third-order valence-corrected chi connectivity index (χ3v) is 3.62. The quantitative estimate of drug-likeness (QED) is 0.333. The number of anilines is 1. The smallest absolute Gasteiger partial charge is 0.306 e. The van der Waals surface area contributed by atoms with Crippen molar-refractivity contribution in [3.8, 4) is 5.75 Å². The van der Waals surface area contributed by atoms with Crippen molar-refractivity contribution in [2.75, 3.05) is 19.0 Å². The fourth-order valence-corrected chi connectivity index (χ4v) is 2.15. The summed E-state index contributed by atoms with van der Waals surface area (Å²) in [5.41, 5.74) is -0.723. The monoisotopic (exact) mass is 403 g/mol. The maximum atomic E-state index is 13.5. The summed E-state index contributed by atoms with van der Waals surface area (Å²) in [6.07, 6.45) is 0.199. The predicted octanol–water partition coefficient (Wildman–Crippen LogP) is 3.51. The number of carbonyl (C=O) groups is 2. The second-order valence-electron chi connectivity index (χ2n) is 5.50. The molecule has 0 aliphatic carbocycles. The molecule has 0 aliphatic rings. The van der Waals surface area contributed by atoms with Crippen LogP contribution >= 0.6 is 0 Å². The van der Waals surface area contributed by atoms with Crippen LogP contribution in [0.4, 0.5) is 27.6 Å². The van der Waals surface area contributed by atoms with Gasteiger partial charge in [0.25, 0.3) is 5.91 Å². The SMILES string of the molecule is COc1ccc(CCC(=O)OCC(=O)Nc2c(F)c(F)c(F)c(F)c2F)cc1. The average molecular weight is 403 g/mol. The van der Waals surface area contributed by atoms with Crippen molar-refractivity contribution >= 4 is 17.6 Å². The highest BCUT2D eigenvalue weighted by molar-refractivity contribution is 5.93. The molecule has 2 aromatic rings. The van der Waals surface area contributed by atoms with Gasteiger partial charge in [0, 0.05) is 6.42 Å². The number of methoxy groups -OCH3 is 1. The molecule has 1 amide bonds. The highest BCUT2D eigenvalue weighted by Gasteiger charge is 2.27. The third-order valence-electron chi connectivity index (χ3n) is 3.62. The van der Waals surface area contributed by atoms with E-state index >= 15 is 0 Å². The van der Waals surface area contributed by atoms with Gasteiger partial charge in [-0.2, -0.15) is 0 Å². The first-order chi connectivity index (χ1) is 13.2. The van der Waals surface area contributed by atoms with Crippen molar-refractivity contribution in [1.29, 1.82) is 0 Å². The van der Waals surface area contributed by atoms with E-state index in [1.54, 1.807) is 24.3 Å².